The predicted octanol–water partition coefficient (Wildman–Crippen LogP) is 4.60. The fourth-order valence-corrected chi connectivity index (χ4v) is 2.91. The van der Waals surface area contributed by atoms with Crippen LogP contribution in [0.25, 0.3) is 0 Å². The molecule has 3 heteroatoms. The lowest BCUT2D eigenvalue weighted by atomic mass is 10.2. The molecule has 0 fully saturated rings. The van der Waals surface area contributed by atoms with Crippen molar-refractivity contribution in [2.45, 2.75) is 24.8 Å². The number of benzene rings is 2. The summed E-state index contributed by atoms with van der Waals surface area (Å²) in [5, 5.41) is 3.50. The van der Waals surface area contributed by atoms with Gasteiger partial charge in [-0.25, -0.2) is 0 Å². The molecule has 1 atom stereocenters. The molecule has 0 aliphatic heterocycles. The van der Waals surface area contributed by atoms with Gasteiger partial charge in [0.05, 0.1) is 7.11 Å². The van der Waals surface area contributed by atoms with Gasteiger partial charge in [-0.05, 0) is 50.2 Å². The third-order valence-electron chi connectivity index (χ3n) is 2.99. The summed E-state index contributed by atoms with van der Waals surface area (Å²) in [6.45, 7) is 4.33. The van der Waals surface area contributed by atoms with E-state index in [2.05, 4.69) is 43.4 Å². The van der Waals surface area contributed by atoms with E-state index in [9.17, 15) is 0 Å². The van der Waals surface area contributed by atoms with Gasteiger partial charge in [-0.2, -0.15) is 0 Å². The molecule has 0 radical (unpaired) electrons. The van der Waals surface area contributed by atoms with Crippen LogP contribution in [0.4, 0.5) is 5.69 Å². The van der Waals surface area contributed by atoms with Gasteiger partial charge in [-0.1, -0.05) is 17.7 Å². The Balaban J connectivity index is 1.84. The van der Waals surface area contributed by atoms with Gasteiger partial charge < -0.3 is 10.1 Å². The van der Waals surface area contributed by atoms with E-state index in [1.165, 1.54) is 10.5 Å². The molecular formula is C17H21NOS. The number of methoxy groups -OCH3 is 1. The second-order valence-electron chi connectivity index (χ2n) is 4.90. The van der Waals surface area contributed by atoms with Gasteiger partial charge in [0, 0.05) is 22.4 Å². The molecule has 0 saturated heterocycles. The molecule has 0 bridgehead atoms. The predicted molar refractivity (Wildman–Crippen MR) is 88.0 cm³/mol. The molecule has 2 aromatic rings. The van der Waals surface area contributed by atoms with E-state index in [0.717, 1.165) is 17.2 Å². The van der Waals surface area contributed by atoms with Crippen LogP contribution in [0, 0.1) is 6.92 Å². The molecule has 0 heterocycles. The van der Waals surface area contributed by atoms with Crippen LogP contribution in [0.1, 0.15) is 12.5 Å². The van der Waals surface area contributed by atoms with Crippen molar-refractivity contribution in [3.8, 4) is 5.75 Å². The Morgan fingerprint density at radius 1 is 1.15 bits per heavy atom. The average Bonchev–Trinajstić information content (AvgIpc) is 2.46. The van der Waals surface area contributed by atoms with E-state index >= 15 is 0 Å². The highest BCUT2D eigenvalue weighted by atomic mass is 32.2. The molecule has 0 saturated carbocycles. The first kappa shape index (κ1) is 14.8. The number of hydrogen-bond acceptors (Lipinski definition) is 3. The number of rotatable bonds is 6. The summed E-state index contributed by atoms with van der Waals surface area (Å²) < 4.78 is 5.16. The van der Waals surface area contributed by atoms with E-state index in [4.69, 9.17) is 4.74 Å². The van der Waals surface area contributed by atoms with Gasteiger partial charge >= 0.3 is 0 Å². The molecule has 2 rings (SSSR count). The Labute approximate surface area is 125 Å². The number of anilines is 1. The van der Waals surface area contributed by atoms with Crippen LogP contribution in [-0.2, 0) is 0 Å². The van der Waals surface area contributed by atoms with Crippen molar-refractivity contribution in [1.82, 2.24) is 0 Å². The monoisotopic (exact) mass is 287 g/mol. The summed E-state index contributed by atoms with van der Waals surface area (Å²) in [7, 11) is 1.68. The lowest BCUT2D eigenvalue weighted by molar-refractivity contribution is 0.415. The quantitative estimate of drug-likeness (QED) is 0.785. The van der Waals surface area contributed by atoms with Crippen LogP contribution in [0.5, 0.6) is 5.75 Å². The normalized spacial score (nSPS) is 11.9. The highest BCUT2D eigenvalue weighted by molar-refractivity contribution is 7.99. The molecule has 0 aromatic heterocycles. The second kappa shape index (κ2) is 7.25. The molecule has 2 aromatic carbocycles. The molecule has 0 spiro atoms. The summed E-state index contributed by atoms with van der Waals surface area (Å²) in [6, 6.07) is 17.1. The number of nitrogens with one attached hydrogen (secondary N) is 1. The Morgan fingerprint density at radius 3 is 2.55 bits per heavy atom. The van der Waals surface area contributed by atoms with Crippen molar-refractivity contribution in [2.75, 3.05) is 18.2 Å². The minimum absolute atomic E-state index is 0.411. The van der Waals surface area contributed by atoms with Crippen LogP contribution in [0.3, 0.4) is 0 Å². The Morgan fingerprint density at radius 2 is 1.90 bits per heavy atom. The third-order valence-corrected chi connectivity index (χ3v) is 4.25. The van der Waals surface area contributed by atoms with Gasteiger partial charge in [0.15, 0.2) is 0 Å². The van der Waals surface area contributed by atoms with Crippen molar-refractivity contribution in [1.29, 1.82) is 0 Å². The van der Waals surface area contributed by atoms with Gasteiger partial charge in [-0.15, -0.1) is 11.8 Å². The van der Waals surface area contributed by atoms with Crippen LogP contribution in [0.2, 0.25) is 0 Å². The average molecular weight is 287 g/mol. The molecule has 1 N–H and O–H groups in total. The van der Waals surface area contributed by atoms with Crippen molar-refractivity contribution >= 4 is 17.4 Å². The summed E-state index contributed by atoms with van der Waals surface area (Å²) in [5.41, 5.74) is 2.44. The standard InChI is InChI=1S/C17H21NOS/c1-13-5-4-6-17(11-13)20-12-14(2)18-15-7-9-16(19-3)10-8-15/h4-11,14,18H,12H2,1-3H3. The smallest absolute Gasteiger partial charge is 0.119 e. The Kier molecular flexibility index (Phi) is 5.36. The number of ether oxygens (including phenoxy) is 1. The van der Waals surface area contributed by atoms with Crippen molar-refractivity contribution < 1.29 is 4.74 Å². The summed E-state index contributed by atoms with van der Waals surface area (Å²) in [4.78, 5) is 1.33. The van der Waals surface area contributed by atoms with Gasteiger partial charge in [0.25, 0.3) is 0 Å². The van der Waals surface area contributed by atoms with Gasteiger partial charge in [0.1, 0.15) is 5.75 Å². The largest absolute Gasteiger partial charge is 0.497 e. The zero-order valence-corrected chi connectivity index (χ0v) is 13.0. The molecule has 20 heavy (non-hydrogen) atoms. The lowest BCUT2D eigenvalue weighted by Gasteiger charge is -2.15. The van der Waals surface area contributed by atoms with Crippen LogP contribution < -0.4 is 10.1 Å². The summed E-state index contributed by atoms with van der Waals surface area (Å²) >= 11 is 1.88. The summed E-state index contributed by atoms with van der Waals surface area (Å²) in [6.07, 6.45) is 0. The van der Waals surface area contributed by atoms with Crippen molar-refractivity contribution in [3.05, 3.63) is 54.1 Å². The van der Waals surface area contributed by atoms with Gasteiger partial charge in [-0.3, -0.25) is 0 Å². The van der Waals surface area contributed by atoms with E-state index in [1.807, 2.05) is 36.0 Å². The fraction of sp³-hybridized carbons (Fsp3) is 0.294. The zero-order valence-electron chi connectivity index (χ0n) is 12.2. The van der Waals surface area contributed by atoms with E-state index in [-0.39, 0.29) is 0 Å². The Bertz CT molecular complexity index is 539. The molecule has 0 amide bonds. The number of hydrogen-bond donors (Lipinski definition) is 1. The fourth-order valence-electron chi connectivity index (χ4n) is 1.94. The summed E-state index contributed by atoms with van der Waals surface area (Å²) in [5.74, 6) is 1.92. The van der Waals surface area contributed by atoms with Crippen molar-refractivity contribution in [3.63, 3.8) is 0 Å². The zero-order chi connectivity index (χ0) is 14.4. The van der Waals surface area contributed by atoms with Crippen LogP contribution >= 0.6 is 11.8 Å². The minimum atomic E-state index is 0.411. The highest BCUT2D eigenvalue weighted by Gasteiger charge is 2.04. The van der Waals surface area contributed by atoms with E-state index in [0.29, 0.717) is 6.04 Å². The first-order valence-electron chi connectivity index (χ1n) is 6.77. The SMILES string of the molecule is COc1ccc(NC(C)CSc2cccc(C)c2)cc1. The Hall–Kier alpha value is -1.61. The molecule has 2 nitrogen and oxygen atoms in total. The number of aryl methyl sites for hydroxylation is 1. The number of thioether (sulfide) groups is 1. The maximum Gasteiger partial charge on any atom is 0.119 e. The topological polar surface area (TPSA) is 21.3 Å². The maximum atomic E-state index is 5.16. The second-order valence-corrected chi connectivity index (χ2v) is 5.99. The van der Waals surface area contributed by atoms with E-state index in [1.54, 1.807) is 7.11 Å². The molecular weight excluding hydrogens is 266 g/mol. The van der Waals surface area contributed by atoms with Gasteiger partial charge in [0.2, 0.25) is 0 Å². The van der Waals surface area contributed by atoms with E-state index < -0.39 is 0 Å². The third kappa shape index (κ3) is 4.49. The maximum absolute atomic E-state index is 5.16. The van der Waals surface area contributed by atoms with Crippen molar-refractivity contribution in [2.24, 2.45) is 0 Å². The highest BCUT2D eigenvalue weighted by Crippen LogP contribution is 2.21. The first-order chi connectivity index (χ1) is 9.67. The lowest BCUT2D eigenvalue weighted by Crippen LogP contribution is -2.17. The minimum Gasteiger partial charge on any atom is -0.497 e. The molecule has 106 valence electrons. The molecule has 1 unspecified atom stereocenters. The molecule has 0 aliphatic carbocycles. The van der Waals surface area contributed by atoms with Crippen LogP contribution in [0.15, 0.2) is 53.4 Å². The first-order valence-corrected chi connectivity index (χ1v) is 7.76. The van der Waals surface area contributed by atoms with Crippen LogP contribution in [-0.4, -0.2) is 18.9 Å². The molecule has 0 aliphatic rings.